The van der Waals surface area contributed by atoms with Crippen LogP contribution in [0.15, 0.2) is 24.3 Å². The fourth-order valence-electron chi connectivity index (χ4n) is 3.62. The highest BCUT2D eigenvalue weighted by molar-refractivity contribution is 5.79. The molecule has 1 fully saturated rings. The number of amides is 1. The molecule has 2 rings (SSSR count). The first-order valence-electron chi connectivity index (χ1n) is 8.49. The van der Waals surface area contributed by atoms with Crippen LogP contribution in [0, 0.1) is 29.5 Å². The summed E-state index contributed by atoms with van der Waals surface area (Å²) in [5.41, 5.74) is 1.05. The lowest BCUT2D eigenvalue weighted by Crippen LogP contribution is -2.40. The summed E-state index contributed by atoms with van der Waals surface area (Å²) >= 11 is 0. The third-order valence-electron chi connectivity index (χ3n) is 4.99. The van der Waals surface area contributed by atoms with Crippen LogP contribution in [-0.2, 0) is 11.2 Å². The molecule has 0 aliphatic heterocycles. The number of rotatable bonds is 5. The van der Waals surface area contributed by atoms with Gasteiger partial charge in [-0.25, -0.2) is 4.39 Å². The number of hydrogen-bond acceptors (Lipinski definition) is 1. The molecule has 0 radical (unpaired) electrons. The number of halogens is 1. The molecule has 0 spiro atoms. The minimum absolute atomic E-state index is 0.150. The molecular formula is C19H28FNO. The van der Waals surface area contributed by atoms with Gasteiger partial charge in [-0.2, -0.15) is 0 Å². The van der Waals surface area contributed by atoms with Crippen LogP contribution in [0.3, 0.4) is 0 Å². The van der Waals surface area contributed by atoms with Gasteiger partial charge < -0.3 is 5.32 Å². The molecule has 3 heteroatoms. The van der Waals surface area contributed by atoms with Crippen molar-refractivity contribution in [1.82, 2.24) is 5.32 Å². The maximum Gasteiger partial charge on any atom is 0.223 e. The highest BCUT2D eigenvalue weighted by atomic mass is 19.1. The van der Waals surface area contributed by atoms with E-state index in [1.807, 2.05) is 0 Å². The summed E-state index contributed by atoms with van der Waals surface area (Å²) in [7, 11) is 0. The van der Waals surface area contributed by atoms with Gasteiger partial charge in [0.25, 0.3) is 0 Å². The first-order chi connectivity index (χ1) is 10.5. The topological polar surface area (TPSA) is 29.1 Å². The van der Waals surface area contributed by atoms with Crippen molar-refractivity contribution in [3.05, 3.63) is 35.6 Å². The van der Waals surface area contributed by atoms with Crippen molar-refractivity contribution in [3.8, 4) is 0 Å². The molecule has 0 unspecified atom stereocenters. The average molecular weight is 305 g/mol. The highest BCUT2D eigenvalue weighted by Gasteiger charge is 2.35. The predicted octanol–water partition coefficient (Wildman–Crippen LogP) is 4.19. The van der Waals surface area contributed by atoms with Crippen LogP contribution in [-0.4, -0.2) is 12.5 Å². The molecule has 1 aromatic carbocycles. The van der Waals surface area contributed by atoms with Crippen molar-refractivity contribution in [3.63, 3.8) is 0 Å². The molecule has 1 aromatic rings. The van der Waals surface area contributed by atoms with Gasteiger partial charge in [-0.3, -0.25) is 4.79 Å². The number of carbonyl (C=O) groups is 1. The van der Waals surface area contributed by atoms with E-state index < -0.39 is 0 Å². The summed E-state index contributed by atoms with van der Waals surface area (Å²) in [6.45, 7) is 7.31. The number of hydrogen-bond donors (Lipinski definition) is 1. The van der Waals surface area contributed by atoms with E-state index >= 15 is 0 Å². The molecular weight excluding hydrogens is 277 g/mol. The molecule has 1 aliphatic carbocycles. The van der Waals surface area contributed by atoms with Crippen molar-refractivity contribution in [1.29, 1.82) is 0 Å². The quantitative estimate of drug-likeness (QED) is 0.868. The van der Waals surface area contributed by atoms with E-state index in [-0.39, 0.29) is 17.6 Å². The Labute approximate surface area is 133 Å². The lowest BCUT2D eigenvalue weighted by molar-refractivity contribution is -0.129. The van der Waals surface area contributed by atoms with Crippen LogP contribution < -0.4 is 5.32 Å². The van der Waals surface area contributed by atoms with E-state index in [1.54, 1.807) is 12.1 Å². The van der Waals surface area contributed by atoms with Gasteiger partial charge in [0, 0.05) is 12.5 Å². The molecule has 1 aliphatic rings. The Morgan fingerprint density at radius 1 is 1.27 bits per heavy atom. The molecule has 22 heavy (non-hydrogen) atoms. The zero-order valence-electron chi connectivity index (χ0n) is 13.9. The second kappa shape index (κ2) is 7.75. The molecule has 1 N–H and O–H groups in total. The van der Waals surface area contributed by atoms with E-state index in [9.17, 15) is 9.18 Å². The Morgan fingerprint density at radius 3 is 2.59 bits per heavy atom. The van der Waals surface area contributed by atoms with Gasteiger partial charge >= 0.3 is 0 Å². The van der Waals surface area contributed by atoms with Crippen LogP contribution >= 0.6 is 0 Å². The standard InChI is InChI=1S/C19H28FNO/c1-13(2)17-9-4-14(3)12-18(17)19(22)21-11-10-15-5-7-16(20)8-6-15/h5-8,13-14,17-18H,4,9-12H2,1-3H3,(H,21,22)/t14-,17+,18-/m1/s1. The second-order valence-corrected chi connectivity index (χ2v) is 7.10. The molecule has 1 saturated carbocycles. The van der Waals surface area contributed by atoms with Crippen molar-refractivity contribution < 1.29 is 9.18 Å². The number of carbonyl (C=O) groups excluding carboxylic acids is 1. The molecule has 122 valence electrons. The SMILES string of the molecule is CC(C)[C@@H]1CC[C@@H](C)C[C@H]1C(=O)NCCc1ccc(F)cc1. The molecule has 0 heterocycles. The fourth-order valence-corrected chi connectivity index (χ4v) is 3.62. The summed E-state index contributed by atoms with van der Waals surface area (Å²) < 4.78 is 12.9. The van der Waals surface area contributed by atoms with Crippen molar-refractivity contribution in [2.45, 2.75) is 46.5 Å². The maximum absolute atomic E-state index is 12.9. The first kappa shape index (κ1) is 17.0. The molecule has 1 amide bonds. The minimum Gasteiger partial charge on any atom is -0.356 e. The van der Waals surface area contributed by atoms with E-state index in [1.165, 1.54) is 18.6 Å². The Morgan fingerprint density at radius 2 is 1.95 bits per heavy atom. The monoisotopic (exact) mass is 305 g/mol. The van der Waals surface area contributed by atoms with Crippen LogP contribution in [0.5, 0.6) is 0 Å². The summed E-state index contributed by atoms with van der Waals surface area (Å²) in [6.07, 6.45) is 4.16. The predicted molar refractivity (Wildman–Crippen MR) is 87.9 cm³/mol. The van der Waals surface area contributed by atoms with E-state index in [4.69, 9.17) is 0 Å². The maximum atomic E-state index is 12.9. The summed E-state index contributed by atoms with van der Waals surface area (Å²) in [5.74, 6) is 1.83. The lowest BCUT2D eigenvalue weighted by Gasteiger charge is -2.36. The van der Waals surface area contributed by atoms with Gasteiger partial charge in [-0.05, 0) is 54.7 Å². The Bertz CT molecular complexity index is 483. The van der Waals surface area contributed by atoms with Gasteiger partial charge in [-0.1, -0.05) is 39.3 Å². The summed E-state index contributed by atoms with van der Waals surface area (Å²) in [4.78, 5) is 12.5. The van der Waals surface area contributed by atoms with Gasteiger partial charge in [0.15, 0.2) is 0 Å². The van der Waals surface area contributed by atoms with E-state index in [0.717, 1.165) is 24.8 Å². The summed E-state index contributed by atoms with van der Waals surface area (Å²) in [6, 6.07) is 6.49. The Hall–Kier alpha value is -1.38. The fraction of sp³-hybridized carbons (Fsp3) is 0.632. The lowest BCUT2D eigenvalue weighted by atomic mass is 9.70. The first-order valence-corrected chi connectivity index (χ1v) is 8.49. The van der Waals surface area contributed by atoms with Crippen LogP contribution in [0.2, 0.25) is 0 Å². The van der Waals surface area contributed by atoms with Gasteiger partial charge in [0.1, 0.15) is 5.82 Å². The number of benzene rings is 1. The smallest absolute Gasteiger partial charge is 0.223 e. The Balaban J connectivity index is 1.85. The minimum atomic E-state index is -0.219. The largest absolute Gasteiger partial charge is 0.356 e. The highest BCUT2D eigenvalue weighted by Crippen LogP contribution is 2.38. The summed E-state index contributed by atoms with van der Waals surface area (Å²) in [5, 5.41) is 3.09. The normalized spacial score (nSPS) is 25.2. The number of nitrogens with one attached hydrogen (secondary N) is 1. The van der Waals surface area contributed by atoms with Crippen LogP contribution in [0.4, 0.5) is 4.39 Å². The van der Waals surface area contributed by atoms with Crippen molar-refractivity contribution in [2.24, 2.45) is 23.7 Å². The molecule has 2 nitrogen and oxygen atoms in total. The second-order valence-electron chi connectivity index (χ2n) is 7.10. The van der Waals surface area contributed by atoms with Gasteiger partial charge in [0.05, 0.1) is 0 Å². The molecule has 0 bridgehead atoms. The molecule has 3 atom stereocenters. The van der Waals surface area contributed by atoms with Crippen LogP contribution in [0.1, 0.15) is 45.6 Å². The molecule has 0 aromatic heterocycles. The van der Waals surface area contributed by atoms with Crippen LogP contribution in [0.25, 0.3) is 0 Å². The van der Waals surface area contributed by atoms with Gasteiger partial charge in [0.2, 0.25) is 5.91 Å². The zero-order valence-corrected chi connectivity index (χ0v) is 13.9. The van der Waals surface area contributed by atoms with Crippen molar-refractivity contribution in [2.75, 3.05) is 6.54 Å². The zero-order chi connectivity index (χ0) is 16.1. The average Bonchev–Trinajstić information content (AvgIpc) is 2.48. The third-order valence-corrected chi connectivity index (χ3v) is 4.99. The Kier molecular flexibility index (Phi) is 5.98. The van der Waals surface area contributed by atoms with Gasteiger partial charge in [-0.15, -0.1) is 0 Å². The van der Waals surface area contributed by atoms with Crippen molar-refractivity contribution >= 4 is 5.91 Å². The van der Waals surface area contributed by atoms with E-state index in [0.29, 0.717) is 24.3 Å². The third kappa shape index (κ3) is 4.56. The van der Waals surface area contributed by atoms with E-state index in [2.05, 4.69) is 26.1 Å². The molecule has 0 saturated heterocycles.